The van der Waals surface area contributed by atoms with Gasteiger partial charge in [-0.1, -0.05) is 19.0 Å². The average Bonchev–Trinajstić information content (AvgIpc) is 2.74. The molecule has 0 radical (unpaired) electrons. The maximum absolute atomic E-state index is 5.53. The number of nitrogens with zero attached hydrogens (tertiary/aromatic N) is 2. The standard InChI is InChI=1S/C11H21N3O3/c1-7(2)10(16-4)11-13-9(17-14-11)5-8(6-12)15-3/h7-8,10H,5-6,12H2,1-4H3. The van der Waals surface area contributed by atoms with Crippen LogP contribution in [0.15, 0.2) is 4.52 Å². The van der Waals surface area contributed by atoms with Crippen LogP contribution >= 0.6 is 0 Å². The molecule has 1 aromatic rings. The van der Waals surface area contributed by atoms with E-state index in [1.807, 2.05) is 13.8 Å². The van der Waals surface area contributed by atoms with Crippen LogP contribution in [0.5, 0.6) is 0 Å². The molecule has 98 valence electrons. The summed E-state index contributed by atoms with van der Waals surface area (Å²) in [4.78, 5) is 4.30. The van der Waals surface area contributed by atoms with E-state index >= 15 is 0 Å². The first-order valence-electron chi connectivity index (χ1n) is 5.70. The fraction of sp³-hybridized carbons (Fsp3) is 0.818. The summed E-state index contributed by atoms with van der Waals surface area (Å²) >= 11 is 0. The molecule has 1 aromatic heterocycles. The minimum absolute atomic E-state index is 0.0941. The third kappa shape index (κ3) is 3.76. The largest absolute Gasteiger partial charge is 0.380 e. The van der Waals surface area contributed by atoms with Gasteiger partial charge in [0.05, 0.1) is 12.5 Å². The van der Waals surface area contributed by atoms with E-state index in [0.29, 0.717) is 24.7 Å². The predicted octanol–water partition coefficient (Wildman–Crippen LogP) is 0.929. The van der Waals surface area contributed by atoms with Crippen LogP contribution in [-0.2, 0) is 15.9 Å². The molecule has 0 spiro atoms. The van der Waals surface area contributed by atoms with Gasteiger partial charge in [-0.3, -0.25) is 0 Å². The van der Waals surface area contributed by atoms with E-state index in [4.69, 9.17) is 19.7 Å². The summed E-state index contributed by atoms with van der Waals surface area (Å²) in [5.41, 5.74) is 5.53. The van der Waals surface area contributed by atoms with Crippen LogP contribution in [0, 0.1) is 5.92 Å². The summed E-state index contributed by atoms with van der Waals surface area (Å²) in [7, 11) is 3.25. The van der Waals surface area contributed by atoms with Crippen molar-refractivity contribution in [1.29, 1.82) is 0 Å². The van der Waals surface area contributed by atoms with Gasteiger partial charge in [-0.05, 0) is 5.92 Å². The Morgan fingerprint density at radius 1 is 1.29 bits per heavy atom. The molecule has 0 aliphatic carbocycles. The highest BCUT2D eigenvalue weighted by Gasteiger charge is 2.22. The number of aromatic nitrogens is 2. The zero-order valence-electron chi connectivity index (χ0n) is 10.8. The Balaban J connectivity index is 2.70. The lowest BCUT2D eigenvalue weighted by Gasteiger charge is -2.14. The quantitative estimate of drug-likeness (QED) is 0.767. The van der Waals surface area contributed by atoms with Crippen LogP contribution in [0.3, 0.4) is 0 Å². The molecule has 0 saturated heterocycles. The molecule has 6 heteroatoms. The molecule has 1 rings (SSSR count). The zero-order chi connectivity index (χ0) is 12.8. The van der Waals surface area contributed by atoms with Crippen molar-refractivity contribution in [2.24, 2.45) is 11.7 Å². The van der Waals surface area contributed by atoms with Crippen LogP contribution in [0.1, 0.15) is 31.7 Å². The van der Waals surface area contributed by atoms with Gasteiger partial charge in [-0.25, -0.2) is 0 Å². The van der Waals surface area contributed by atoms with E-state index in [2.05, 4.69) is 10.1 Å². The third-order valence-corrected chi connectivity index (χ3v) is 2.60. The van der Waals surface area contributed by atoms with Gasteiger partial charge < -0.3 is 19.7 Å². The average molecular weight is 243 g/mol. The molecule has 2 N–H and O–H groups in total. The molecule has 1 heterocycles. The van der Waals surface area contributed by atoms with Crippen molar-refractivity contribution < 1.29 is 14.0 Å². The highest BCUT2D eigenvalue weighted by molar-refractivity contribution is 4.94. The second kappa shape index (κ2) is 6.68. The highest BCUT2D eigenvalue weighted by atomic mass is 16.5. The lowest BCUT2D eigenvalue weighted by Crippen LogP contribution is -2.24. The highest BCUT2D eigenvalue weighted by Crippen LogP contribution is 2.22. The Morgan fingerprint density at radius 2 is 2.00 bits per heavy atom. The molecule has 0 aliphatic rings. The monoisotopic (exact) mass is 243 g/mol. The number of methoxy groups -OCH3 is 2. The van der Waals surface area contributed by atoms with E-state index in [1.54, 1.807) is 14.2 Å². The van der Waals surface area contributed by atoms with Crippen LogP contribution in [0.2, 0.25) is 0 Å². The predicted molar refractivity (Wildman–Crippen MR) is 62.4 cm³/mol. The van der Waals surface area contributed by atoms with Gasteiger partial charge in [0.15, 0.2) is 0 Å². The normalized spacial score (nSPS) is 15.2. The lowest BCUT2D eigenvalue weighted by molar-refractivity contribution is 0.0555. The second-order valence-corrected chi connectivity index (χ2v) is 4.24. The number of rotatable bonds is 7. The molecule has 2 unspecified atom stereocenters. The molecular weight excluding hydrogens is 222 g/mol. The van der Waals surface area contributed by atoms with E-state index in [9.17, 15) is 0 Å². The van der Waals surface area contributed by atoms with Crippen LogP contribution in [-0.4, -0.2) is 37.0 Å². The maximum Gasteiger partial charge on any atom is 0.229 e. The molecule has 6 nitrogen and oxygen atoms in total. The van der Waals surface area contributed by atoms with Crippen molar-refractivity contribution in [1.82, 2.24) is 10.1 Å². The van der Waals surface area contributed by atoms with Crippen molar-refractivity contribution in [2.45, 2.75) is 32.5 Å². The first kappa shape index (κ1) is 14.1. The first-order valence-corrected chi connectivity index (χ1v) is 5.70. The minimum Gasteiger partial charge on any atom is -0.380 e. The molecule has 0 fully saturated rings. The Hall–Kier alpha value is -0.980. The van der Waals surface area contributed by atoms with Crippen LogP contribution in [0.25, 0.3) is 0 Å². The second-order valence-electron chi connectivity index (χ2n) is 4.24. The van der Waals surface area contributed by atoms with Gasteiger partial charge in [-0.2, -0.15) is 4.98 Å². The third-order valence-electron chi connectivity index (χ3n) is 2.60. The summed E-state index contributed by atoms with van der Waals surface area (Å²) in [6.07, 6.45) is 0.281. The maximum atomic E-state index is 5.53. The van der Waals surface area contributed by atoms with E-state index in [-0.39, 0.29) is 18.1 Å². The Morgan fingerprint density at radius 3 is 2.47 bits per heavy atom. The van der Waals surface area contributed by atoms with E-state index in [1.165, 1.54) is 0 Å². The molecule has 17 heavy (non-hydrogen) atoms. The SMILES string of the molecule is COC(CN)Cc1nc(C(OC)C(C)C)no1. The number of nitrogens with two attached hydrogens (primary N) is 1. The number of hydrogen-bond acceptors (Lipinski definition) is 6. The van der Waals surface area contributed by atoms with Crippen molar-refractivity contribution in [3.8, 4) is 0 Å². The molecule has 0 aromatic carbocycles. The van der Waals surface area contributed by atoms with Gasteiger partial charge in [0.2, 0.25) is 11.7 Å². The van der Waals surface area contributed by atoms with Gasteiger partial charge in [0, 0.05) is 20.8 Å². The van der Waals surface area contributed by atoms with Crippen molar-refractivity contribution in [2.75, 3.05) is 20.8 Å². The van der Waals surface area contributed by atoms with Crippen LogP contribution in [0.4, 0.5) is 0 Å². The van der Waals surface area contributed by atoms with Gasteiger partial charge >= 0.3 is 0 Å². The van der Waals surface area contributed by atoms with E-state index < -0.39 is 0 Å². The zero-order valence-corrected chi connectivity index (χ0v) is 10.8. The topological polar surface area (TPSA) is 83.4 Å². The summed E-state index contributed by atoms with van der Waals surface area (Å²) in [5.74, 6) is 1.39. The Kier molecular flexibility index (Phi) is 5.54. The lowest BCUT2D eigenvalue weighted by atomic mass is 10.1. The Bertz CT molecular complexity index is 324. The fourth-order valence-electron chi connectivity index (χ4n) is 1.60. The van der Waals surface area contributed by atoms with Crippen LogP contribution < -0.4 is 5.73 Å². The smallest absolute Gasteiger partial charge is 0.229 e. The number of hydrogen-bond donors (Lipinski definition) is 1. The summed E-state index contributed by atoms with van der Waals surface area (Å²) in [6.45, 7) is 4.51. The van der Waals surface area contributed by atoms with Crippen molar-refractivity contribution in [3.05, 3.63) is 11.7 Å². The van der Waals surface area contributed by atoms with E-state index in [0.717, 1.165) is 0 Å². The van der Waals surface area contributed by atoms with Crippen molar-refractivity contribution >= 4 is 0 Å². The molecular formula is C11H21N3O3. The molecule has 0 amide bonds. The fourth-order valence-corrected chi connectivity index (χ4v) is 1.60. The molecule has 0 aliphatic heterocycles. The van der Waals surface area contributed by atoms with Gasteiger partial charge in [-0.15, -0.1) is 0 Å². The van der Waals surface area contributed by atoms with Gasteiger partial charge in [0.25, 0.3) is 0 Å². The molecule has 2 atom stereocenters. The minimum atomic E-state index is -0.147. The number of ether oxygens (including phenoxy) is 2. The molecule has 0 bridgehead atoms. The van der Waals surface area contributed by atoms with Gasteiger partial charge in [0.1, 0.15) is 6.10 Å². The summed E-state index contributed by atoms with van der Waals surface area (Å²) in [6, 6.07) is 0. The molecule has 0 saturated carbocycles. The summed E-state index contributed by atoms with van der Waals surface area (Å²) < 4.78 is 15.6. The van der Waals surface area contributed by atoms with Crippen molar-refractivity contribution in [3.63, 3.8) is 0 Å². The summed E-state index contributed by atoms with van der Waals surface area (Å²) in [5, 5.41) is 3.92. The first-order chi connectivity index (χ1) is 8.12. The Labute approximate surface area is 101 Å².